The molecule has 0 unspecified atom stereocenters. The summed E-state index contributed by atoms with van der Waals surface area (Å²) in [5, 5.41) is 8.25. The van der Waals surface area contributed by atoms with E-state index in [1.54, 1.807) is 0 Å². The highest BCUT2D eigenvalue weighted by atomic mass is 14.2. The van der Waals surface area contributed by atoms with Crippen molar-refractivity contribution in [3.8, 4) is 6.07 Å². The Morgan fingerprint density at radius 3 is 2.62 bits per heavy atom. The van der Waals surface area contributed by atoms with E-state index in [-0.39, 0.29) is 6.15 Å². The molecule has 3 N–H and O–H groups in total. The van der Waals surface area contributed by atoms with Gasteiger partial charge in [-0.3, -0.25) is 0 Å². The van der Waals surface area contributed by atoms with Crippen LogP contribution < -0.4 is 6.15 Å². The first-order valence-electron chi connectivity index (χ1n) is 2.52. The number of hydrogen-bond donors (Lipinski definition) is 1. The van der Waals surface area contributed by atoms with Crippen LogP contribution in [-0.2, 0) is 0 Å². The van der Waals surface area contributed by atoms with Crippen molar-refractivity contribution in [2.45, 2.75) is 19.3 Å². The molecule has 0 saturated carbocycles. The van der Waals surface area contributed by atoms with Gasteiger partial charge in [-0.2, -0.15) is 5.26 Å². The van der Waals surface area contributed by atoms with Gasteiger partial charge in [-0.05, 0) is 19.3 Å². The van der Waals surface area contributed by atoms with E-state index in [1.807, 2.05) is 6.08 Å². The van der Waals surface area contributed by atoms with E-state index >= 15 is 0 Å². The Labute approximate surface area is 49.4 Å². The van der Waals surface area contributed by atoms with Gasteiger partial charge in [0.25, 0.3) is 0 Å². The van der Waals surface area contributed by atoms with Crippen LogP contribution in [0.5, 0.6) is 0 Å². The van der Waals surface area contributed by atoms with Gasteiger partial charge < -0.3 is 6.15 Å². The molecule has 0 aromatic carbocycles. The van der Waals surface area contributed by atoms with Crippen LogP contribution in [-0.4, -0.2) is 0 Å². The van der Waals surface area contributed by atoms with Crippen molar-refractivity contribution in [1.29, 1.82) is 5.26 Å². The van der Waals surface area contributed by atoms with Crippen LogP contribution in [0.4, 0.5) is 0 Å². The molecule has 0 fully saturated rings. The van der Waals surface area contributed by atoms with Crippen LogP contribution in [0.25, 0.3) is 0 Å². The molecular weight excluding hydrogens is 100 g/mol. The number of nitrogens with zero attached hydrogens (tertiary/aromatic N) is 1. The number of rotatable bonds is 0. The highest BCUT2D eigenvalue weighted by Gasteiger charge is 2.00. The molecule has 8 heavy (non-hydrogen) atoms. The maximum Gasteiger partial charge on any atom is 0.0943 e. The van der Waals surface area contributed by atoms with Gasteiger partial charge in [-0.1, -0.05) is 6.08 Å². The fraction of sp³-hybridized carbons (Fsp3) is 0.500. The lowest BCUT2D eigenvalue weighted by atomic mass is 10.3. The predicted molar refractivity (Wildman–Crippen MR) is 32.6 cm³/mol. The molecule has 0 aromatic heterocycles. The smallest absolute Gasteiger partial charge is 0.0943 e. The molecule has 0 heterocycles. The Hall–Kier alpha value is -0.810. The molecule has 1 aliphatic carbocycles. The van der Waals surface area contributed by atoms with Gasteiger partial charge in [-0.15, -0.1) is 0 Å². The predicted octanol–water partition coefficient (Wildman–Crippen LogP) is 1.78. The zero-order valence-electron chi connectivity index (χ0n) is 4.85. The Kier molecular flexibility index (Phi) is 2.90. The molecule has 0 aliphatic heterocycles. The van der Waals surface area contributed by atoms with Crippen molar-refractivity contribution in [2.24, 2.45) is 0 Å². The van der Waals surface area contributed by atoms with Gasteiger partial charge in [0.15, 0.2) is 0 Å². The number of allylic oxidation sites excluding steroid dienone is 2. The molecule has 0 atom stereocenters. The minimum atomic E-state index is 0. The molecule has 0 amide bonds. The highest BCUT2D eigenvalue weighted by molar-refractivity contribution is 5.23. The minimum Gasteiger partial charge on any atom is -0.344 e. The number of hydrogen-bond acceptors (Lipinski definition) is 2. The quantitative estimate of drug-likeness (QED) is 0.516. The fourth-order valence-electron chi connectivity index (χ4n) is 0.772. The second-order valence-electron chi connectivity index (χ2n) is 1.73. The van der Waals surface area contributed by atoms with E-state index in [4.69, 9.17) is 5.26 Å². The summed E-state index contributed by atoms with van der Waals surface area (Å²) in [6.07, 6.45) is 5.32. The van der Waals surface area contributed by atoms with E-state index in [2.05, 4.69) is 6.07 Å². The van der Waals surface area contributed by atoms with Gasteiger partial charge in [0.2, 0.25) is 0 Å². The lowest BCUT2D eigenvalue weighted by Crippen LogP contribution is -1.64. The first-order valence-corrected chi connectivity index (χ1v) is 2.52. The van der Waals surface area contributed by atoms with Crippen LogP contribution in [0.3, 0.4) is 0 Å². The van der Waals surface area contributed by atoms with Crippen molar-refractivity contribution in [3.63, 3.8) is 0 Å². The van der Waals surface area contributed by atoms with E-state index < -0.39 is 0 Å². The van der Waals surface area contributed by atoms with Crippen molar-refractivity contribution < 1.29 is 0 Å². The Bertz CT molecular complexity index is 130. The number of nitriles is 1. The van der Waals surface area contributed by atoms with Crippen LogP contribution in [0.2, 0.25) is 0 Å². The molecule has 0 aromatic rings. The first kappa shape index (κ1) is 7.19. The van der Waals surface area contributed by atoms with Crippen molar-refractivity contribution >= 4 is 0 Å². The summed E-state index contributed by atoms with van der Waals surface area (Å²) in [6, 6.07) is 2.12. The van der Waals surface area contributed by atoms with Crippen molar-refractivity contribution in [2.75, 3.05) is 0 Å². The Balaban J connectivity index is 0.000000490. The van der Waals surface area contributed by atoms with E-state index in [9.17, 15) is 0 Å². The molecule has 0 saturated heterocycles. The summed E-state index contributed by atoms with van der Waals surface area (Å²) in [4.78, 5) is 0. The van der Waals surface area contributed by atoms with Crippen molar-refractivity contribution in [3.05, 3.63) is 11.6 Å². The third-order valence-corrected chi connectivity index (χ3v) is 1.18. The van der Waals surface area contributed by atoms with Gasteiger partial charge in [-0.25, -0.2) is 0 Å². The van der Waals surface area contributed by atoms with Gasteiger partial charge >= 0.3 is 0 Å². The monoisotopic (exact) mass is 110 g/mol. The fourth-order valence-corrected chi connectivity index (χ4v) is 0.772. The average Bonchev–Trinajstić information content (AvgIpc) is 2.14. The second kappa shape index (κ2) is 3.23. The average molecular weight is 110 g/mol. The standard InChI is InChI=1S/C6H7N.H3N/c7-5-6-3-1-2-4-6;/h3H,1-2,4H2;1H3. The molecule has 0 spiro atoms. The van der Waals surface area contributed by atoms with Crippen LogP contribution in [0.15, 0.2) is 11.6 Å². The molecule has 1 aliphatic rings. The van der Waals surface area contributed by atoms with Crippen molar-refractivity contribution in [1.82, 2.24) is 6.15 Å². The summed E-state index contributed by atoms with van der Waals surface area (Å²) in [5.41, 5.74) is 0.972. The molecule has 2 heteroatoms. The van der Waals surface area contributed by atoms with Gasteiger partial charge in [0, 0.05) is 5.57 Å². The Morgan fingerprint density at radius 1 is 1.62 bits per heavy atom. The summed E-state index contributed by atoms with van der Waals surface area (Å²) >= 11 is 0. The summed E-state index contributed by atoms with van der Waals surface area (Å²) < 4.78 is 0. The van der Waals surface area contributed by atoms with Gasteiger partial charge in [0.1, 0.15) is 0 Å². The zero-order chi connectivity index (χ0) is 5.11. The molecule has 1 rings (SSSR count). The van der Waals surface area contributed by atoms with Gasteiger partial charge in [0.05, 0.1) is 6.07 Å². The summed E-state index contributed by atoms with van der Waals surface area (Å²) in [7, 11) is 0. The minimum absolute atomic E-state index is 0. The van der Waals surface area contributed by atoms with E-state index in [1.165, 1.54) is 6.42 Å². The third kappa shape index (κ3) is 1.36. The first-order chi connectivity index (χ1) is 3.43. The molecule has 2 nitrogen and oxygen atoms in total. The molecule has 44 valence electrons. The zero-order valence-corrected chi connectivity index (χ0v) is 4.85. The van der Waals surface area contributed by atoms with Crippen LogP contribution >= 0.6 is 0 Å². The normalized spacial score (nSPS) is 16.1. The lowest BCUT2D eigenvalue weighted by molar-refractivity contribution is 0.917. The molecular formula is C6H10N2. The third-order valence-electron chi connectivity index (χ3n) is 1.18. The maximum atomic E-state index is 8.25. The van der Waals surface area contributed by atoms with Crippen LogP contribution in [0, 0.1) is 11.3 Å². The SMILES string of the molecule is N.N#CC1=CCCC1. The summed E-state index contributed by atoms with van der Waals surface area (Å²) in [6.45, 7) is 0. The second-order valence-corrected chi connectivity index (χ2v) is 1.73. The maximum absolute atomic E-state index is 8.25. The Morgan fingerprint density at radius 2 is 2.38 bits per heavy atom. The largest absolute Gasteiger partial charge is 0.344 e. The molecule has 0 bridgehead atoms. The topological polar surface area (TPSA) is 58.8 Å². The van der Waals surface area contributed by atoms with E-state index in [0.29, 0.717) is 0 Å². The molecule has 0 radical (unpaired) electrons. The van der Waals surface area contributed by atoms with Crippen LogP contribution in [0.1, 0.15) is 19.3 Å². The lowest BCUT2D eigenvalue weighted by Gasteiger charge is -1.76. The summed E-state index contributed by atoms with van der Waals surface area (Å²) in [5.74, 6) is 0. The highest BCUT2D eigenvalue weighted by Crippen LogP contribution is 2.15. The van der Waals surface area contributed by atoms with E-state index in [0.717, 1.165) is 18.4 Å².